The third kappa shape index (κ3) is 2.63. The van der Waals surface area contributed by atoms with Gasteiger partial charge in [-0.3, -0.25) is 0 Å². The third-order valence-electron chi connectivity index (χ3n) is 1.70. The normalized spacial score (nSPS) is 13.0. The summed E-state index contributed by atoms with van der Waals surface area (Å²) < 4.78 is 40.5. The lowest BCUT2D eigenvalue weighted by atomic mass is 10.1. The van der Waals surface area contributed by atoms with E-state index >= 15 is 0 Å². The molecular weight excluding hydrogens is 195 g/mol. The van der Waals surface area contributed by atoms with Crippen LogP contribution in [-0.4, -0.2) is 6.61 Å². The standard InChI is InChI=1S/C9H10F3NO/c1-5(13)6-2-3-8(7(10)4-6)14-9(11)12/h2-5,9H,13H2,1H3/t5-/m0/s1. The highest BCUT2D eigenvalue weighted by molar-refractivity contribution is 5.30. The molecular formula is C9H10F3NO. The van der Waals surface area contributed by atoms with Gasteiger partial charge >= 0.3 is 6.61 Å². The van der Waals surface area contributed by atoms with Crippen molar-refractivity contribution in [2.75, 3.05) is 0 Å². The van der Waals surface area contributed by atoms with Crippen LogP contribution >= 0.6 is 0 Å². The van der Waals surface area contributed by atoms with Gasteiger partial charge in [0, 0.05) is 6.04 Å². The number of rotatable bonds is 3. The van der Waals surface area contributed by atoms with E-state index in [-0.39, 0.29) is 6.04 Å². The smallest absolute Gasteiger partial charge is 0.387 e. The van der Waals surface area contributed by atoms with Gasteiger partial charge in [0.05, 0.1) is 0 Å². The van der Waals surface area contributed by atoms with Crippen molar-refractivity contribution in [3.8, 4) is 5.75 Å². The van der Waals surface area contributed by atoms with Gasteiger partial charge in [-0.15, -0.1) is 0 Å². The first-order valence-electron chi connectivity index (χ1n) is 4.00. The van der Waals surface area contributed by atoms with Gasteiger partial charge < -0.3 is 10.5 Å². The van der Waals surface area contributed by atoms with E-state index in [9.17, 15) is 13.2 Å². The summed E-state index contributed by atoms with van der Waals surface area (Å²) in [7, 11) is 0. The number of hydrogen-bond acceptors (Lipinski definition) is 2. The second-order valence-corrected chi connectivity index (χ2v) is 2.86. The molecule has 1 aromatic carbocycles. The molecule has 0 fully saturated rings. The van der Waals surface area contributed by atoms with E-state index in [1.54, 1.807) is 6.92 Å². The van der Waals surface area contributed by atoms with Gasteiger partial charge in [0.2, 0.25) is 0 Å². The Kier molecular flexibility index (Phi) is 3.35. The maximum absolute atomic E-state index is 13.1. The van der Waals surface area contributed by atoms with Crippen molar-refractivity contribution < 1.29 is 17.9 Å². The van der Waals surface area contributed by atoms with Crippen molar-refractivity contribution in [3.63, 3.8) is 0 Å². The first-order chi connectivity index (χ1) is 6.50. The Bertz CT molecular complexity index is 315. The van der Waals surface area contributed by atoms with Crippen LogP contribution in [0, 0.1) is 5.82 Å². The number of halogens is 3. The van der Waals surface area contributed by atoms with E-state index < -0.39 is 18.2 Å². The van der Waals surface area contributed by atoms with Gasteiger partial charge in [-0.1, -0.05) is 6.07 Å². The minimum Gasteiger partial charge on any atom is -0.432 e. The van der Waals surface area contributed by atoms with Crippen molar-refractivity contribution >= 4 is 0 Å². The van der Waals surface area contributed by atoms with E-state index in [0.29, 0.717) is 5.56 Å². The molecule has 1 rings (SSSR count). The zero-order chi connectivity index (χ0) is 10.7. The quantitative estimate of drug-likeness (QED) is 0.822. The molecule has 0 amide bonds. The lowest BCUT2D eigenvalue weighted by molar-refractivity contribution is -0.0522. The van der Waals surface area contributed by atoms with Crippen molar-refractivity contribution in [1.29, 1.82) is 0 Å². The lowest BCUT2D eigenvalue weighted by Crippen LogP contribution is -2.07. The Morgan fingerprint density at radius 2 is 2.00 bits per heavy atom. The van der Waals surface area contributed by atoms with Gasteiger partial charge in [-0.2, -0.15) is 8.78 Å². The van der Waals surface area contributed by atoms with Crippen molar-refractivity contribution in [1.82, 2.24) is 0 Å². The second-order valence-electron chi connectivity index (χ2n) is 2.86. The summed E-state index contributed by atoms with van der Waals surface area (Å²) in [5.74, 6) is -1.30. The van der Waals surface area contributed by atoms with Gasteiger partial charge in [0.15, 0.2) is 11.6 Å². The molecule has 0 aromatic heterocycles. The number of ether oxygens (including phenoxy) is 1. The summed E-state index contributed by atoms with van der Waals surface area (Å²) in [5.41, 5.74) is 6.01. The minimum atomic E-state index is -3.02. The van der Waals surface area contributed by atoms with Crippen LogP contribution in [0.3, 0.4) is 0 Å². The first kappa shape index (κ1) is 10.8. The molecule has 0 aliphatic rings. The highest BCUT2D eigenvalue weighted by Gasteiger charge is 2.11. The van der Waals surface area contributed by atoms with Gasteiger partial charge in [0.1, 0.15) is 0 Å². The molecule has 0 heterocycles. The molecule has 5 heteroatoms. The van der Waals surface area contributed by atoms with Crippen LogP contribution in [0.5, 0.6) is 5.75 Å². The van der Waals surface area contributed by atoms with Crippen molar-refractivity contribution in [2.45, 2.75) is 19.6 Å². The van der Waals surface area contributed by atoms with Crippen molar-refractivity contribution in [3.05, 3.63) is 29.6 Å². The first-order valence-corrected chi connectivity index (χ1v) is 4.00. The molecule has 0 aliphatic heterocycles. The average Bonchev–Trinajstić information content (AvgIpc) is 2.07. The zero-order valence-electron chi connectivity index (χ0n) is 7.51. The zero-order valence-corrected chi connectivity index (χ0v) is 7.51. The molecule has 2 nitrogen and oxygen atoms in total. The molecule has 0 aliphatic carbocycles. The number of alkyl halides is 2. The number of hydrogen-bond donors (Lipinski definition) is 1. The monoisotopic (exact) mass is 205 g/mol. The summed E-state index contributed by atoms with van der Waals surface area (Å²) in [6, 6.07) is 3.33. The van der Waals surface area contributed by atoms with Crippen LogP contribution in [0.25, 0.3) is 0 Å². The molecule has 0 bridgehead atoms. The second kappa shape index (κ2) is 4.32. The molecule has 0 unspecified atom stereocenters. The number of nitrogens with two attached hydrogens (primary N) is 1. The molecule has 0 radical (unpaired) electrons. The lowest BCUT2D eigenvalue weighted by Gasteiger charge is -2.09. The van der Waals surface area contributed by atoms with Crippen molar-refractivity contribution in [2.24, 2.45) is 5.73 Å². The topological polar surface area (TPSA) is 35.2 Å². The molecule has 1 aromatic rings. The maximum atomic E-state index is 13.1. The van der Waals surface area contributed by atoms with Crippen LogP contribution in [0.2, 0.25) is 0 Å². The molecule has 1 atom stereocenters. The van der Waals surface area contributed by atoms with Crippen LogP contribution in [0.4, 0.5) is 13.2 Å². The molecule has 0 saturated heterocycles. The minimum absolute atomic E-state index is 0.343. The maximum Gasteiger partial charge on any atom is 0.387 e. The molecule has 0 spiro atoms. The summed E-state index contributed by atoms with van der Waals surface area (Å²) >= 11 is 0. The summed E-state index contributed by atoms with van der Waals surface area (Å²) in [6.07, 6.45) is 0. The summed E-state index contributed by atoms with van der Waals surface area (Å²) in [4.78, 5) is 0. The van der Waals surface area contributed by atoms with Crippen LogP contribution < -0.4 is 10.5 Å². The van der Waals surface area contributed by atoms with Gasteiger partial charge in [-0.05, 0) is 24.6 Å². The van der Waals surface area contributed by atoms with E-state index in [2.05, 4.69) is 4.74 Å². The largest absolute Gasteiger partial charge is 0.432 e. The van der Waals surface area contributed by atoms with E-state index in [1.165, 1.54) is 6.07 Å². The summed E-state index contributed by atoms with van der Waals surface area (Å²) in [5, 5.41) is 0. The fourth-order valence-corrected chi connectivity index (χ4v) is 0.992. The van der Waals surface area contributed by atoms with E-state index in [0.717, 1.165) is 12.1 Å². The van der Waals surface area contributed by atoms with E-state index in [4.69, 9.17) is 5.73 Å². The highest BCUT2D eigenvalue weighted by Crippen LogP contribution is 2.22. The van der Waals surface area contributed by atoms with Crippen LogP contribution in [-0.2, 0) is 0 Å². The highest BCUT2D eigenvalue weighted by atomic mass is 19.3. The fraction of sp³-hybridized carbons (Fsp3) is 0.333. The predicted octanol–water partition coefficient (Wildman–Crippen LogP) is 2.45. The van der Waals surface area contributed by atoms with Crippen LogP contribution in [0.1, 0.15) is 18.5 Å². The Hall–Kier alpha value is -1.23. The Morgan fingerprint density at radius 1 is 1.36 bits per heavy atom. The molecule has 0 saturated carbocycles. The van der Waals surface area contributed by atoms with Gasteiger partial charge in [0.25, 0.3) is 0 Å². The summed E-state index contributed by atoms with van der Waals surface area (Å²) in [6.45, 7) is -1.35. The average molecular weight is 205 g/mol. The SMILES string of the molecule is C[C@H](N)c1ccc(OC(F)F)c(F)c1. The fourth-order valence-electron chi connectivity index (χ4n) is 0.992. The van der Waals surface area contributed by atoms with Crippen LogP contribution in [0.15, 0.2) is 18.2 Å². The third-order valence-corrected chi connectivity index (χ3v) is 1.70. The van der Waals surface area contributed by atoms with Gasteiger partial charge in [-0.25, -0.2) is 4.39 Å². The molecule has 14 heavy (non-hydrogen) atoms. The molecule has 78 valence electrons. The molecule has 2 N–H and O–H groups in total. The number of benzene rings is 1. The Morgan fingerprint density at radius 3 is 2.43 bits per heavy atom. The predicted molar refractivity (Wildman–Crippen MR) is 45.6 cm³/mol. The Labute approximate surface area is 79.5 Å². The van der Waals surface area contributed by atoms with E-state index in [1.807, 2.05) is 0 Å². The Balaban J connectivity index is 2.90.